The SMILES string of the molecule is O=C(CBr)OC(c1ccccc1)[N+](=O)[O-]. The number of rotatable bonds is 4. The Morgan fingerprint density at radius 2 is 2.07 bits per heavy atom. The monoisotopic (exact) mass is 273 g/mol. The van der Waals surface area contributed by atoms with Gasteiger partial charge in [-0.1, -0.05) is 34.1 Å². The molecule has 0 saturated heterocycles. The molecule has 0 aliphatic heterocycles. The van der Waals surface area contributed by atoms with E-state index in [-0.39, 0.29) is 5.33 Å². The van der Waals surface area contributed by atoms with E-state index in [2.05, 4.69) is 20.7 Å². The lowest BCUT2D eigenvalue weighted by Gasteiger charge is -2.09. The highest BCUT2D eigenvalue weighted by atomic mass is 79.9. The minimum absolute atomic E-state index is 0.0653. The maximum atomic E-state index is 10.9. The van der Waals surface area contributed by atoms with Gasteiger partial charge >= 0.3 is 12.2 Å². The minimum Gasteiger partial charge on any atom is -0.394 e. The average Bonchev–Trinajstić information content (AvgIpc) is 2.26. The zero-order chi connectivity index (χ0) is 11.3. The fourth-order valence-corrected chi connectivity index (χ4v) is 1.14. The molecule has 0 aromatic heterocycles. The molecule has 0 spiro atoms. The molecule has 6 heteroatoms. The first-order chi connectivity index (χ1) is 7.15. The zero-order valence-electron chi connectivity index (χ0n) is 7.63. The quantitative estimate of drug-likeness (QED) is 0.276. The number of hydrogen-bond donors (Lipinski definition) is 0. The number of benzene rings is 1. The second kappa shape index (κ2) is 5.45. The molecule has 15 heavy (non-hydrogen) atoms. The molecule has 0 fully saturated rings. The van der Waals surface area contributed by atoms with Crippen LogP contribution in [0.1, 0.15) is 11.8 Å². The van der Waals surface area contributed by atoms with Crippen molar-refractivity contribution >= 4 is 21.9 Å². The van der Waals surface area contributed by atoms with Gasteiger partial charge in [0.2, 0.25) is 0 Å². The molecular formula is C9H8BrNO4. The highest BCUT2D eigenvalue weighted by molar-refractivity contribution is 9.09. The molecule has 1 unspecified atom stereocenters. The second-order valence-corrected chi connectivity index (χ2v) is 3.23. The number of carbonyl (C=O) groups excluding carboxylic acids is 1. The fourth-order valence-electron chi connectivity index (χ4n) is 1.01. The van der Waals surface area contributed by atoms with Gasteiger partial charge in [-0.05, 0) is 12.1 Å². The van der Waals surface area contributed by atoms with Gasteiger partial charge in [-0.15, -0.1) is 0 Å². The number of carbonyl (C=O) groups is 1. The summed E-state index contributed by atoms with van der Waals surface area (Å²) in [7, 11) is 0. The van der Waals surface area contributed by atoms with E-state index in [1.807, 2.05) is 0 Å². The lowest BCUT2D eigenvalue weighted by molar-refractivity contribution is -0.575. The van der Waals surface area contributed by atoms with Gasteiger partial charge in [0.25, 0.3) is 0 Å². The van der Waals surface area contributed by atoms with Gasteiger partial charge in [-0.3, -0.25) is 14.9 Å². The van der Waals surface area contributed by atoms with Crippen LogP contribution >= 0.6 is 15.9 Å². The number of esters is 1. The van der Waals surface area contributed by atoms with Crippen LogP contribution in [0.25, 0.3) is 0 Å². The Hall–Kier alpha value is -1.43. The van der Waals surface area contributed by atoms with Crippen molar-refractivity contribution in [1.29, 1.82) is 0 Å². The standard InChI is InChI=1S/C9H8BrNO4/c10-6-8(12)15-9(11(13)14)7-4-2-1-3-5-7/h1-5,9H,6H2. The van der Waals surface area contributed by atoms with Crippen LogP contribution in [0.3, 0.4) is 0 Å². The first-order valence-electron chi connectivity index (χ1n) is 4.09. The summed E-state index contributed by atoms with van der Waals surface area (Å²) in [5.74, 6) is -0.666. The fraction of sp³-hybridized carbons (Fsp3) is 0.222. The third-order valence-electron chi connectivity index (χ3n) is 1.63. The smallest absolute Gasteiger partial charge is 0.382 e. The third kappa shape index (κ3) is 3.32. The van der Waals surface area contributed by atoms with E-state index in [9.17, 15) is 14.9 Å². The van der Waals surface area contributed by atoms with Gasteiger partial charge in [-0.2, -0.15) is 0 Å². The summed E-state index contributed by atoms with van der Waals surface area (Å²) in [6.45, 7) is 0. The van der Waals surface area contributed by atoms with Crippen molar-refractivity contribution in [3.63, 3.8) is 0 Å². The van der Waals surface area contributed by atoms with Crippen molar-refractivity contribution in [2.75, 3.05) is 5.33 Å². The molecule has 0 bridgehead atoms. The molecule has 0 heterocycles. The first-order valence-corrected chi connectivity index (χ1v) is 5.21. The predicted octanol–water partition coefficient (Wildman–Crippen LogP) is 1.90. The summed E-state index contributed by atoms with van der Waals surface area (Å²) in [5.41, 5.74) is 0.344. The van der Waals surface area contributed by atoms with E-state index >= 15 is 0 Å². The summed E-state index contributed by atoms with van der Waals surface area (Å²) in [5, 5.41) is 10.6. The Morgan fingerprint density at radius 3 is 2.53 bits per heavy atom. The summed E-state index contributed by atoms with van der Waals surface area (Å²) >= 11 is 2.87. The number of nitrogens with zero attached hydrogens (tertiary/aromatic N) is 1. The summed E-state index contributed by atoms with van der Waals surface area (Å²) < 4.78 is 4.66. The second-order valence-electron chi connectivity index (χ2n) is 2.67. The Labute approximate surface area is 94.3 Å². The van der Waals surface area contributed by atoms with E-state index in [0.717, 1.165) is 0 Å². The Balaban J connectivity index is 2.84. The van der Waals surface area contributed by atoms with E-state index in [4.69, 9.17) is 0 Å². The molecule has 0 N–H and O–H groups in total. The predicted molar refractivity (Wildman–Crippen MR) is 56.1 cm³/mol. The molecule has 80 valence electrons. The van der Waals surface area contributed by atoms with Crippen LogP contribution in [0, 0.1) is 10.1 Å². The Morgan fingerprint density at radius 1 is 1.47 bits per heavy atom. The van der Waals surface area contributed by atoms with Gasteiger partial charge in [0.15, 0.2) is 0 Å². The third-order valence-corrected chi connectivity index (χ3v) is 2.09. The summed E-state index contributed by atoms with van der Waals surface area (Å²) in [6.07, 6.45) is -1.43. The van der Waals surface area contributed by atoms with Crippen molar-refractivity contribution in [2.45, 2.75) is 6.23 Å². The topological polar surface area (TPSA) is 69.4 Å². The Kier molecular flexibility index (Phi) is 4.23. The van der Waals surface area contributed by atoms with Gasteiger partial charge in [0, 0.05) is 0 Å². The number of halogens is 1. The molecule has 0 amide bonds. The van der Waals surface area contributed by atoms with Crippen LogP contribution in [-0.4, -0.2) is 16.2 Å². The van der Waals surface area contributed by atoms with Gasteiger partial charge in [-0.25, -0.2) is 0 Å². The molecule has 1 atom stereocenters. The summed E-state index contributed by atoms with van der Waals surface area (Å²) in [6, 6.07) is 8.10. The number of ether oxygens (including phenoxy) is 1. The highest BCUT2D eigenvalue weighted by Gasteiger charge is 2.26. The molecule has 0 aliphatic rings. The first kappa shape index (κ1) is 11.6. The largest absolute Gasteiger partial charge is 0.394 e. The average molecular weight is 274 g/mol. The molecule has 0 radical (unpaired) electrons. The van der Waals surface area contributed by atoms with E-state index in [0.29, 0.717) is 5.56 Å². The lowest BCUT2D eigenvalue weighted by Crippen LogP contribution is -2.19. The van der Waals surface area contributed by atoms with Crippen LogP contribution in [0.5, 0.6) is 0 Å². The normalized spacial score (nSPS) is 11.8. The van der Waals surface area contributed by atoms with Crippen LogP contribution in [-0.2, 0) is 9.53 Å². The van der Waals surface area contributed by atoms with Crippen molar-refractivity contribution in [3.8, 4) is 0 Å². The van der Waals surface area contributed by atoms with Crippen LogP contribution in [0.15, 0.2) is 30.3 Å². The number of nitro groups is 1. The van der Waals surface area contributed by atoms with Crippen LogP contribution in [0.4, 0.5) is 0 Å². The molecule has 5 nitrogen and oxygen atoms in total. The number of alkyl halides is 1. The molecule has 0 saturated carbocycles. The van der Waals surface area contributed by atoms with Gasteiger partial charge in [0.05, 0.1) is 10.5 Å². The maximum Gasteiger partial charge on any atom is 0.382 e. The number of hydrogen-bond acceptors (Lipinski definition) is 4. The zero-order valence-corrected chi connectivity index (χ0v) is 9.22. The van der Waals surface area contributed by atoms with Gasteiger partial charge < -0.3 is 4.74 Å². The van der Waals surface area contributed by atoms with Crippen LogP contribution in [0.2, 0.25) is 0 Å². The van der Waals surface area contributed by atoms with Gasteiger partial charge in [0.1, 0.15) is 5.33 Å². The van der Waals surface area contributed by atoms with Crippen molar-refractivity contribution in [3.05, 3.63) is 46.0 Å². The van der Waals surface area contributed by atoms with E-state index in [1.165, 1.54) is 12.1 Å². The van der Waals surface area contributed by atoms with Crippen molar-refractivity contribution < 1.29 is 14.5 Å². The van der Waals surface area contributed by atoms with Crippen molar-refractivity contribution in [1.82, 2.24) is 0 Å². The maximum absolute atomic E-state index is 10.9. The molecule has 1 aromatic carbocycles. The van der Waals surface area contributed by atoms with E-state index in [1.54, 1.807) is 18.2 Å². The minimum atomic E-state index is -1.43. The lowest BCUT2D eigenvalue weighted by atomic mass is 10.2. The summed E-state index contributed by atoms with van der Waals surface area (Å²) in [4.78, 5) is 20.9. The van der Waals surface area contributed by atoms with E-state index < -0.39 is 17.1 Å². The molecule has 0 aliphatic carbocycles. The highest BCUT2D eigenvalue weighted by Crippen LogP contribution is 2.17. The Bertz CT molecular complexity index is 354. The molecule has 1 rings (SSSR count). The molecule has 1 aromatic rings. The van der Waals surface area contributed by atoms with Crippen molar-refractivity contribution in [2.24, 2.45) is 0 Å². The van der Waals surface area contributed by atoms with Crippen LogP contribution < -0.4 is 0 Å². The molecular weight excluding hydrogens is 266 g/mol.